The predicted molar refractivity (Wildman–Crippen MR) is 84.2 cm³/mol. The number of fused-ring (bicyclic) bond motifs is 5. The second kappa shape index (κ2) is 6.06. The van der Waals surface area contributed by atoms with Crippen LogP contribution in [0.25, 0.3) is 0 Å². The quantitative estimate of drug-likeness (QED) is 0.382. The van der Waals surface area contributed by atoms with Gasteiger partial charge in [0, 0.05) is 24.9 Å². The molecule has 5 nitrogen and oxygen atoms in total. The van der Waals surface area contributed by atoms with Crippen LogP contribution in [-0.2, 0) is 14.3 Å². The minimum absolute atomic E-state index is 0.119. The van der Waals surface area contributed by atoms with E-state index in [1.54, 1.807) is 0 Å². The zero-order valence-corrected chi connectivity index (χ0v) is 13.4. The van der Waals surface area contributed by atoms with Gasteiger partial charge in [0.15, 0.2) is 0 Å². The molecular formula is C17H20ClNO4. The average Bonchev–Trinajstić information content (AvgIpc) is 3.32. The molecule has 124 valence electrons. The second-order valence-corrected chi connectivity index (χ2v) is 6.75. The molecule has 1 aromatic carbocycles. The van der Waals surface area contributed by atoms with E-state index in [1.807, 2.05) is 30.3 Å². The van der Waals surface area contributed by atoms with Crippen molar-refractivity contribution in [3.05, 3.63) is 35.9 Å². The van der Waals surface area contributed by atoms with Gasteiger partial charge in [0.25, 0.3) is 0 Å². The molecule has 3 aliphatic rings. The molecule has 1 N–H and O–H groups in total. The molecule has 2 bridgehead atoms. The first kappa shape index (κ1) is 15.4. The molecular weight excluding hydrogens is 318 g/mol. The average molecular weight is 338 g/mol. The summed E-state index contributed by atoms with van der Waals surface area (Å²) in [5, 5.41) is 9.58. The van der Waals surface area contributed by atoms with Gasteiger partial charge < -0.3 is 14.6 Å². The number of morpholine rings is 1. The van der Waals surface area contributed by atoms with Crippen molar-refractivity contribution >= 4 is 17.6 Å². The van der Waals surface area contributed by atoms with Crippen LogP contribution in [0.4, 0.5) is 0 Å². The van der Waals surface area contributed by atoms with E-state index in [4.69, 9.17) is 21.1 Å². The van der Waals surface area contributed by atoms with Gasteiger partial charge in [0.05, 0.1) is 12.6 Å². The van der Waals surface area contributed by atoms with Crippen LogP contribution in [0.1, 0.15) is 24.3 Å². The van der Waals surface area contributed by atoms with Crippen molar-refractivity contribution in [3.63, 3.8) is 0 Å². The fourth-order valence-electron chi connectivity index (χ4n) is 4.07. The molecule has 0 amide bonds. The number of rotatable bonds is 5. The molecule has 0 radical (unpaired) electrons. The van der Waals surface area contributed by atoms with Crippen LogP contribution in [0.2, 0.25) is 0 Å². The van der Waals surface area contributed by atoms with Crippen molar-refractivity contribution in [2.24, 2.45) is 0 Å². The van der Waals surface area contributed by atoms with Gasteiger partial charge in [-0.05, 0) is 5.56 Å². The highest BCUT2D eigenvalue weighted by Gasteiger charge is 2.63. The number of halogens is 1. The van der Waals surface area contributed by atoms with Crippen LogP contribution in [-0.4, -0.2) is 59.0 Å². The molecule has 4 rings (SSSR count). The molecule has 1 aromatic rings. The topological polar surface area (TPSA) is 62.3 Å². The van der Waals surface area contributed by atoms with Crippen molar-refractivity contribution in [1.29, 1.82) is 0 Å². The van der Waals surface area contributed by atoms with E-state index in [0.717, 1.165) is 18.4 Å². The van der Waals surface area contributed by atoms with Gasteiger partial charge in [-0.1, -0.05) is 30.3 Å². The molecule has 0 aliphatic carbocycles. The minimum Gasteiger partial charge on any atom is -0.462 e. The first-order valence-corrected chi connectivity index (χ1v) is 8.60. The van der Waals surface area contributed by atoms with E-state index in [0.29, 0.717) is 6.00 Å². The number of piperidine rings is 1. The maximum absolute atomic E-state index is 12.5. The fraction of sp³-hybridized carbons (Fsp3) is 0.588. The SMILES string of the molecule is O=C(OC1CC2C3OC3C(C1)N2CCl)C(CO)c1ccccc1. The molecule has 3 saturated heterocycles. The molecule has 6 heteroatoms. The van der Waals surface area contributed by atoms with Gasteiger partial charge in [0.2, 0.25) is 0 Å². The highest BCUT2D eigenvalue weighted by molar-refractivity contribution is 6.17. The van der Waals surface area contributed by atoms with Crippen LogP contribution in [0.3, 0.4) is 0 Å². The smallest absolute Gasteiger partial charge is 0.316 e. The van der Waals surface area contributed by atoms with E-state index >= 15 is 0 Å². The van der Waals surface area contributed by atoms with E-state index in [2.05, 4.69) is 4.90 Å². The summed E-state index contributed by atoms with van der Waals surface area (Å²) in [6.07, 6.45) is 1.90. The number of aliphatic hydroxyl groups is 1. The lowest BCUT2D eigenvalue weighted by atomic mass is 9.97. The van der Waals surface area contributed by atoms with Crippen molar-refractivity contribution in [2.75, 3.05) is 12.6 Å². The fourth-order valence-corrected chi connectivity index (χ4v) is 4.43. The Balaban J connectivity index is 1.42. The highest BCUT2D eigenvalue weighted by Crippen LogP contribution is 2.49. The number of alkyl halides is 1. The second-order valence-electron chi connectivity index (χ2n) is 6.51. The standard InChI is InChI=1S/C17H20ClNO4/c18-9-19-13-6-11(7-14(19)16-15(13)23-16)22-17(21)12(8-20)10-4-2-1-3-5-10/h1-5,11-16,20H,6-9H2. The maximum Gasteiger partial charge on any atom is 0.316 e. The summed E-state index contributed by atoms with van der Waals surface area (Å²) in [5.41, 5.74) is 0.785. The summed E-state index contributed by atoms with van der Waals surface area (Å²) in [4.78, 5) is 14.7. The Kier molecular flexibility index (Phi) is 4.05. The summed E-state index contributed by atoms with van der Waals surface area (Å²) in [7, 11) is 0. The number of ether oxygens (including phenoxy) is 2. The normalized spacial score (nSPS) is 36.3. The molecule has 23 heavy (non-hydrogen) atoms. The number of benzene rings is 1. The van der Waals surface area contributed by atoms with Crippen LogP contribution < -0.4 is 0 Å². The molecule has 3 aliphatic heterocycles. The molecule has 3 heterocycles. The lowest BCUT2D eigenvalue weighted by Gasteiger charge is -2.39. The van der Waals surface area contributed by atoms with Crippen LogP contribution >= 0.6 is 11.6 Å². The van der Waals surface area contributed by atoms with E-state index in [9.17, 15) is 9.90 Å². The van der Waals surface area contributed by atoms with Crippen molar-refractivity contribution < 1.29 is 19.4 Å². The number of hydrogen-bond acceptors (Lipinski definition) is 5. The van der Waals surface area contributed by atoms with Crippen molar-refractivity contribution in [2.45, 2.75) is 49.2 Å². The van der Waals surface area contributed by atoms with E-state index in [-0.39, 0.29) is 43.0 Å². The molecule has 0 saturated carbocycles. The van der Waals surface area contributed by atoms with Crippen LogP contribution in [0, 0.1) is 0 Å². The van der Waals surface area contributed by atoms with Crippen LogP contribution in [0.5, 0.6) is 0 Å². The number of carbonyl (C=O) groups excluding carboxylic acids is 1. The Morgan fingerprint density at radius 2 is 1.96 bits per heavy atom. The molecule has 0 spiro atoms. The first-order valence-electron chi connectivity index (χ1n) is 8.06. The van der Waals surface area contributed by atoms with Gasteiger partial charge in [0.1, 0.15) is 24.2 Å². The first-order chi connectivity index (χ1) is 11.2. The summed E-state index contributed by atoms with van der Waals surface area (Å²) in [6, 6.07) is 10.3. The summed E-state index contributed by atoms with van der Waals surface area (Å²) >= 11 is 6.03. The lowest BCUT2D eigenvalue weighted by molar-refractivity contribution is -0.156. The van der Waals surface area contributed by atoms with Crippen molar-refractivity contribution in [3.8, 4) is 0 Å². The van der Waals surface area contributed by atoms with Gasteiger partial charge in [-0.25, -0.2) is 0 Å². The molecule has 3 fully saturated rings. The number of esters is 1. The Morgan fingerprint density at radius 1 is 1.30 bits per heavy atom. The van der Waals surface area contributed by atoms with Gasteiger partial charge in [-0.3, -0.25) is 9.69 Å². The van der Waals surface area contributed by atoms with Gasteiger partial charge in [-0.2, -0.15) is 0 Å². The molecule has 5 unspecified atom stereocenters. The number of carbonyl (C=O) groups is 1. The van der Waals surface area contributed by atoms with E-state index < -0.39 is 5.92 Å². The third-order valence-electron chi connectivity index (χ3n) is 5.27. The monoisotopic (exact) mass is 337 g/mol. The van der Waals surface area contributed by atoms with Crippen LogP contribution in [0.15, 0.2) is 30.3 Å². The van der Waals surface area contributed by atoms with Gasteiger partial charge >= 0.3 is 5.97 Å². The van der Waals surface area contributed by atoms with Gasteiger partial charge in [-0.15, -0.1) is 11.6 Å². The lowest BCUT2D eigenvalue weighted by Crippen LogP contribution is -2.49. The largest absolute Gasteiger partial charge is 0.462 e. The van der Waals surface area contributed by atoms with E-state index in [1.165, 1.54) is 0 Å². The third-order valence-corrected chi connectivity index (χ3v) is 5.55. The summed E-state index contributed by atoms with van der Waals surface area (Å²) in [5.74, 6) is -0.970. The number of nitrogens with zero attached hydrogens (tertiary/aromatic N) is 1. The highest BCUT2D eigenvalue weighted by atomic mass is 35.5. The predicted octanol–water partition coefficient (Wildman–Crippen LogP) is 1.48. The molecule has 5 atom stereocenters. The third kappa shape index (κ3) is 2.66. The molecule has 0 aromatic heterocycles. The Hall–Kier alpha value is -1.14. The summed E-state index contributed by atoms with van der Waals surface area (Å²) in [6.45, 7) is -0.245. The number of aliphatic hydroxyl groups excluding tert-OH is 1. The minimum atomic E-state index is -0.620. The van der Waals surface area contributed by atoms with Crippen molar-refractivity contribution in [1.82, 2.24) is 4.90 Å². The maximum atomic E-state index is 12.5. The Labute approximate surface area is 140 Å². The zero-order chi connectivity index (χ0) is 16.0. The summed E-state index contributed by atoms with van der Waals surface area (Å²) < 4.78 is 11.4. The number of epoxide rings is 1. The number of hydrogen-bond donors (Lipinski definition) is 1. The zero-order valence-electron chi connectivity index (χ0n) is 12.7. The Morgan fingerprint density at radius 3 is 2.52 bits per heavy atom. The Bertz CT molecular complexity index is 565.